The number of nitrogens with zero attached hydrogens (tertiary/aromatic N) is 2. The Morgan fingerprint density at radius 3 is 2.56 bits per heavy atom. The zero-order chi connectivity index (χ0) is 27.7. The predicted molar refractivity (Wildman–Crippen MR) is 146 cm³/mol. The lowest BCUT2D eigenvalue weighted by Gasteiger charge is -2.76. The van der Waals surface area contributed by atoms with Gasteiger partial charge in [0, 0.05) is 23.8 Å². The molecule has 0 unspecified atom stereocenters. The molecule has 3 aliphatic carbocycles. The molecule has 2 saturated carbocycles. The van der Waals surface area contributed by atoms with Crippen molar-refractivity contribution in [3.8, 4) is 11.5 Å². The van der Waals surface area contributed by atoms with Crippen LogP contribution in [-0.4, -0.2) is 81.1 Å². The van der Waals surface area contributed by atoms with Crippen LogP contribution in [0.15, 0.2) is 42.5 Å². The zero-order valence-corrected chi connectivity index (χ0v) is 23.2. The molecule has 1 amide bonds. The Morgan fingerprint density at radius 2 is 1.85 bits per heavy atom. The number of phenols is 1. The first-order chi connectivity index (χ1) is 19.1. The van der Waals surface area contributed by atoms with Gasteiger partial charge in [0.05, 0.1) is 17.5 Å². The first-order valence-corrected chi connectivity index (χ1v) is 14.3. The number of ether oxygens (including phenoxy) is 1. The maximum atomic E-state index is 14.5. The molecule has 11 heteroatoms. The molecule has 2 spiro atoms. The van der Waals surface area contributed by atoms with Gasteiger partial charge in [-0.15, -0.1) is 12.4 Å². The van der Waals surface area contributed by atoms with Crippen LogP contribution in [0.5, 0.6) is 11.5 Å². The van der Waals surface area contributed by atoms with Gasteiger partial charge >= 0.3 is 6.18 Å². The second-order valence-electron chi connectivity index (χ2n) is 12.7. The molecule has 5 fully saturated rings. The number of aromatic hydroxyl groups is 1. The number of amides is 1. The predicted octanol–water partition coefficient (Wildman–Crippen LogP) is 4.00. The van der Waals surface area contributed by atoms with Crippen molar-refractivity contribution in [1.82, 2.24) is 9.80 Å². The standard InChI is InChI=1S/C30H32F3N3O4.ClH/c31-30(32,33)16-36-24(25(38)34-19-4-2-1-3-5-19)28(39)10-11-29(36)21-14-18-8-9-20(37)23-22(18)27(29,26(28)40-23)12-13-35(21)15-17-6-7-17;/h1-5,8-9,17,21,24,26,37,39H,6-7,10-16H2,(H,34,38);1H/t21-,24+,26-,27+,28-,29-;/m1./s1. The molecule has 4 heterocycles. The average Bonchev–Trinajstić information content (AvgIpc) is 3.64. The molecule has 0 radical (unpaired) electrons. The van der Waals surface area contributed by atoms with Gasteiger partial charge in [0.25, 0.3) is 0 Å². The molecule has 0 aromatic heterocycles. The van der Waals surface area contributed by atoms with Gasteiger partial charge in [-0.2, -0.15) is 13.2 Å². The third kappa shape index (κ3) is 3.48. The Bertz CT molecular complexity index is 1410. The molecule has 7 aliphatic rings. The van der Waals surface area contributed by atoms with Crippen LogP contribution in [0.1, 0.15) is 43.2 Å². The van der Waals surface area contributed by atoms with Gasteiger partial charge in [0.2, 0.25) is 5.91 Å². The van der Waals surface area contributed by atoms with Crippen molar-refractivity contribution in [3.05, 3.63) is 53.6 Å². The van der Waals surface area contributed by atoms with Gasteiger partial charge in [0.15, 0.2) is 11.5 Å². The molecule has 2 aromatic carbocycles. The number of carbonyl (C=O) groups is 1. The highest BCUT2D eigenvalue weighted by Gasteiger charge is 2.84. The Labute approximate surface area is 242 Å². The summed E-state index contributed by atoms with van der Waals surface area (Å²) in [4.78, 5) is 17.7. The monoisotopic (exact) mass is 591 g/mol. The number of carbonyl (C=O) groups excluding carboxylic acids is 1. The van der Waals surface area contributed by atoms with Crippen molar-refractivity contribution < 1.29 is 32.9 Å². The van der Waals surface area contributed by atoms with E-state index in [9.17, 15) is 28.2 Å². The number of phenolic OH excluding ortho intramolecular Hbond substituents is 1. The second kappa shape index (κ2) is 8.75. The highest BCUT2D eigenvalue weighted by molar-refractivity contribution is 5.96. The molecule has 9 rings (SSSR count). The summed E-state index contributed by atoms with van der Waals surface area (Å²) in [6.07, 6.45) is -1.85. The SMILES string of the molecule is Cl.O=C(Nc1ccccc1)[C@@H]1N(CC(F)(F)F)[C@@]23CC[C@]1(O)[C@@H]1Oc4c(O)ccc5c4[C@@]12CCN(CC1CC1)[C@@H]3C5. The van der Waals surface area contributed by atoms with Crippen LogP contribution in [0.4, 0.5) is 18.9 Å². The number of anilines is 1. The largest absolute Gasteiger partial charge is 0.504 e. The molecule has 220 valence electrons. The third-order valence-corrected chi connectivity index (χ3v) is 10.8. The van der Waals surface area contributed by atoms with Crippen LogP contribution in [0.2, 0.25) is 0 Å². The van der Waals surface area contributed by atoms with E-state index >= 15 is 0 Å². The Morgan fingerprint density at radius 1 is 1.10 bits per heavy atom. The molecule has 3 N–H and O–H groups in total. The molecular weight excluding hydrogens is 559 g/mol. The minimum Gasteiger partial charge on any atom is -0.504 e. The van der Waals surface area contributed by atoms with Gasteiger partial charge in [-0.1, -0.05) is 24.3 Å². The van der Waals surface area contributed by atoms with Crippen molar-refractivity contribution >= 4 is 24.0 Å². The summed E-state index contributed by atoms with van der Waals surface area (Å²) < 4.78 is 50.1. The van der Waals surface area contributed by atoms with Crippen molar-refractivity contribution in [2.24, 2.45) is 5.92 Å². The summed E-state index contributed by atoms with van der Waals surface area (Å²) >= 11 is 0. The highest BCUT2D eigenvalue weighted by Crippen LogP contribution is 2.72. The normalized spacial score (nSPS) is 36.7. The summed E-state index contributed by atoms with van der Waals surface area (Å²) in [6, 6.07) is 10.3. The number of aliphatic hydroxyl groups is 1. The number of hydrogen-bond donors (Lipinski definition) is 3. The van der Waals surface area contributed by atoms with Gasteiger partial charge in [-0.25, -0.2) is 0 Å². The Hall–Kier alpha value is -2.53. The number of piperidine rings is 3. The lowest BCUT2D eigenvalue weighted by Crippen LogP contribution is -2.92. The van der Waals surface area contributed by atoms with Crippen LogP contribution in [0.3, 0.4) is 0 Å². The van der Waals surface area contributed by atoms with E-state index in [0.717, 1.165) is 30.5 Å². The van der Waals surface area contributed by atoms with E-state index in [1.165, 1.54) is 4.90 Å². The van der Waals surface area contributed by atoms with Crippen LogP contribution < -0.4 is 10.1 Å². The fraction of sp³-hybridized carbons (Fsp3) is 0.567. The number of fused-ring (bicyclic) bond motifs is 2. The van der Waals surface area contributed by atoms with Crippen molar-refractivity contribution in [1.29, 1.82) is 0 Å². The zero-order valence-electron chi connectivity index (χ0n) is 22.4. The first-order valence-electron chi connectivity index (χ1n) is 14.3. The molecule has 6 atom stereocenters. The van der Waals surface area contributed by atoms with Crippen LogP contribution in [-0.2, 0) is 16.6 Å². The number of benzene rings is 2. The van der Waals surface area contributed by atoms with E-state index in [0.29, 0.717) is 37.4 Å². The number of para-hydroxylation sites is 1. The van der Waals surface area contributed by atoms with Gasteiger partial charge in [-0.3, -0.25) is 14.6 Å². The van der Waals surface area contributed by atoms with Crippen molar-refractivity contribution in [3.63, 3.8) is 0 Å². The molecule has 41 heavy (non-hydrogen) atoms. The van der Waals surface area contributed by atoms with Crippen LogP contribution >= 0.6 is 12.4 Å². The summed E-state index contributed by atoms with van der Waals surface area (Å²) in [6.45, 7) is 0.182. The first kappa shape index (κ1) is 27.3. The van der Waals surface area contributed by atoms with E-state index in [1.54, 1.807) is 36.4 Å². The number of rotatable bonds is 5. The van der Waals surface area contributed by atoms with Gasteiger partial charge in [-0.05, 0) is 74.8 Å². The van der Waals surface area contributed by atoms with Crippen LogP contribution in [0, 0.1) is 5.92 Å². The summed E-state index contributed by atoms with van der Waals surface area (Å²) in [5.41, 5.74) is -1.82. The number of nitrogens with one attached hydrogen (secondary N) is 1. The highest BCUT2D eigenvalue weighted by atomic mass is 35.5. The lowest BCUT2D eigenvalue weighted by atomic mass is 9.41. The topological polar surface area (TPSA) is 85.3 Å². The van der Waals surface area contributed by atoms with E-state index < -0.39 is 47.3 Å². The quantitative estimate of drug-likeness (QED) is 0.488. The van der Waals surface area contributed by atoms with Gasteiger partial charge < -0.3 is 20.3 Å². The van der Waals surface area contributed by atoms with E-state index in [4.69, 9.17) is 4.74 Å². The third-order valence-electron chi connectivity index (χ3n) is 10.8. The molecular formula is C30H33ClF3N3O4. The van der Waals surface area contributed by atoms with Crippen molar-refractivity contribution in [2.75, 3.05) is 25.0 Å². The summed E-state index contributed by atoms with van der Waals surface area (Å²) in [5.74, 6) is 0.0491. The maximum absolute atomic E-state index is 14.5. The fourth-order valence-electron chi connectivity index (χ4n) is 9.43. The summed E-state index contributed by atoms with van der Waals surface area (Å²) in [5, 5.41) is 26.2. The minimum absolute atomic E-state index is 0. The van der Waals surface area contributed by atoms with Gasteiger partial charge in [0.1, 0.15) is 17.7 Å². The van der Waals surface area contributed by atoms with Crippen LogP contribution in [0.25, 0.3) is 0 Å². The smallest absolute Gasteiger partial charge is 0.401 e. The molecule has 3 saturated heterocycles. The van der Waals surface area contributed by atoms with E-state index in [1.807, 2.05) is 6.07 Å². The average molecular weight is 592 g/mol. The fourth-order valence-corrected chi connectivity index (χ4v) is 9.43. The molecule has 4 aliphatic heterocycles. The summed E-state index contributed by atoms with van der Waals surface area (Å²) in [7, 11) is 0. The molecule has 2 aromatic rings. The maximum Gasteiger partial charge on any atom is 0.401 e. The van der Waals surface area contributed by atoms with E-state index in [-0.39, 0.29) is 36.4 Å². The number of likely N-dealkylation sites (tertiary alicyclic amines) is 1. The molecule has 4 bridgehead atoms. The lowest BCUT2D eigenvalue weighted by molar-refractivity contribution is -0.302. The number of halogens is 4. The van der Waals surface area contributed by atoms with Crippen molar-refractivity contribution in [2.45, 2.75) is 79.4 Å². The van der Waals surface area contributed by atoms with E-state index in [2.05, 4.69) is 10.2 Å². The number of alkyl halides is 3. The second-order valence-corrected chi connectivity index (χ2v) is 12.7. The Kier molecular flexibility index (Phi) is 5.83. The molecule has 7 nitrogen and oxygen atoms in total. The minimum atomic E-state index is -4.60. The Balaban J connectivity index is 0.00000276. The number of hydrogen-bond acceptors (Lipinski definition) is 6.